The van der Waals surface area contributed by atoms with E-state index in [0.717, 1.165) is 32.0 Å². The van der Waals surface area contributed by atoms with E-state index in [9.17, 15) is 36.6 Å². The van der Waals surface area contributed by atoms with Gasteiger partial charge in [-0.3, -0.25) is 0 Å². The quantitative estimate of drug-likeness (QED) is 0.463. The van der Waals surface area contributed by atoms with Crippen LogP contribution < -0.4 is 0 Å². The lowest BCUT2D eigenvalue weighted by Gasteiger charge is -2.26. The van der Waals surface area contributed by atoms with Gasteiger partial charge in [0, 0.05) is 11.1 Å². The Bertz CT molecular complexity index is 910. The fourth-order valence-electron chi connectivity index (χ4n) is 2.35. The van der Waals surface area contributed by atoms with Crippen molar-refractivity contribution in [3.8, 4) is 11.8 Å². The van der Waals surface area contributed by atoms with E-state index in [1.165, 1.54) is 24.1 Å². The number of hydrogen-bond donors (Lipinski definition) is 2. The Morgan fingerprint density at radius 3 is 1.93 bits per heavy atom. The predicted octanol–water partition coefficient (Wildman–Crippen LogP) is 4.07. The summed E-state index contributed by atoms with van der Waals surface area (Å²) < 4.78 is 81.2. The molecule has 2 N–H and O–H groups in total. The Hall–Kier alpha value is -2.50. The van der Waals surface area contributed by atoms with Crippen LogP contribution >= 0.6 is 0 Å². The fraction of sp³-hybridized carbons (Fsp3) is 0.263. The van der Waals surface area contributed by atoms with Crippen molar-refractivity contribution in [1.29, 1.82) is 0 Å². The Kier molecular flexibility index (Phi) is 5.32. The van der Waals surface area contributed by atoms with Crippen LogP contribution in [0.5, 0.6) is 0 Å². The van der Waals surface area contributed by atoms with Crippen molar-refractivity contribution in [2.75, 3.05) is 0 Å². The second-order valence-electron chi connectivity index (χ2n) is 6.08. The number of alkyl halides is 3. The number of halogens is 6. The van der Waals surface area contributed by atoms with Crippen LogP contribution in [-0.4, -0.2) is 16.4 Å². The number of aliphatic hydroxyl groups is 2. The van der Waals surface area contributed by atoms with Gasteiger partial charge in [0.05, 0.1) is 0 Å². The zero-order chi connectivity index (χ0) is 20.6. The first-order valence-corrected chi connectivity index (χ1v) is 7.57. The molecule has 0 saturated carbocycles. The van der Waals surface area contributed by atoms with Gasteiger partial charge in [-0.1, -0.05) is 42.2 Å². The summed E-state index contributed by atoms with van der Waals surface area (Å²) in [6, 6.07) is 6.58. The predicted molar refractivity (Wildman–Crippen MR) is 84.8 cm³/mol. The largest absolute Gasteiger partial charge is 0.433 e. The third-order valence-corrected chi connectivity index (χ3v) is 3.94. The lowest BCUT2D eigenvalue weighted by molar-refractivity contribution is -0.240. The molecule has 2 aromatic carbocycles. The van der Waals surface area contributed by atoms with Crippen LogP contribution in [0, 0.1) is 36.2 Å². The molecule has 0 spiro atoms. The molecule has 0 unspecified atom stereocenters. The molecule has 2 atom stereocenters. The van der Waals surface area contributed by atoms with Crippen molar-refractivity contribution >= 4 is 0 Å². The van der Waals surface area contributed by atoms with Crippen LogP contribution in [0.15, 0.2) is 36.4 Å². The molecule has 2 nitrogen and oxygen atoms in total. The molecule has 0 heterocycles. The maximum atomic E-state index is 14.0. The molecule has 144 valence electrons. The molecule has 0 amide bonds. The molecule has 0 aliphatic heterocycles. The number of rotatable bonds is 2. The summed E-state index contributed by atoms with van der Waals surface area (Å²) in [6.07, 6.45) is -5.25. The van der Waals surface area contributed by atoms with E-state index in [2.05, 4.69) is 0 Å². The third kappa shape index (κ3) is 3.80. The minimum Gasteiger partial charge on any atom is -0.374 e. The lowest BCUT2D eigenvalue weighted by atomic mass is 9.89. The molecule has 0 aliphatic rings. The fourth-order valence-corrected chi connectivity index (χ4v) is 2.35. The van der Waals surface area contributed by atoms with Gasteiger partial charge in [-0.15, -0.1) is 0 Å². The summed E-state index contributed by atoms with van der Waals surface area (Å²) in [6.45, 7) is 1.89. The molecule has 0 aliphatic carbocycles. The lowest BCUT2D eigenvalue weighted by Crippen LogP contribution is -2.41. The van der Waals surface area contributed by atoms with Gasteiger partial charge in [0.2, 0.25) is 5.60 Å². The molecule has 27 heavy (non-hydrogen) atoms. The molecule has 0 radical (unpaired) electrons. The minimum atomic E-state index is -5.25. The van der Waals surface area contributed by atoms with Crippen molar-refractivity contribution in [3.05, 3.63) is 70.5 Å². The summed E-state index contributed by atoms with van der Waals surface area (Å²) in [4.78, 5) is 0. The highest BCUT2D eigenvalue weighted by Gasteiger charge is 2.54. The Morgan fingerprint density at radius 1 is 0.852 bits per heavy atom. The monoisotopic (exact) mass is 388 g/mol. The Labute approximate surface area is 151 Å². The van der Waals surface area contributed by atoms with Crippen molar-refractivity contribution in [1.82, 2.24) is 0 Å². The van der Waals surface area contributed by atoms with Crippen molar-refractivity contribution in [2.24, 2.45) is 0 Å². The van der Waals surface area contributed by atoms with Gasteiger partial charge in [-0.05, 0) is 25.5 Å². The van der Waals surface area contributed by atoms with E-state index in [1.807, 2.05) is 0 Å². The highest BCUT2D eigenvalue weighted by Crippen LogP contribution is 2.39. The SMILES string of the molecule is Cc1cc([C@@](C)(O)C#C[C@](O)(c2ccccc2)C(F)(F)F)c(F)c(F)c1F. The first-order chi connectivity index (χ1) is 12.3. The molecular formula is C19H14F6O2. The zero-order valence-electron chi connectivity index (χ0n) is 14.1. The smallest absolute Gasteiger partial charge is 0.374 e. The number of aryl methyl sites for hydroxylation is 1. The van der Waals surface area contributed by atoms with Gasteiger partial charge in [0.25, 0.3) is 0 Å². The van der Waals surface area contributed by atoms with Gasteiger partial charge in [0.15, 0.2) is 23.1 Å². The average molecular weight is 388 g/mol. The van der Waals surface area contributed by atoms with E-state index in [0.29, 0.717) is 0 Å². The second-order valence-corrected chi connectivity index (χ2v) is 6.08. The minimum absolute atomic E-state index is 0.375. The average Bonchev–Trinajstić information content (AvgIpc) is 2.60. The molecule has 2 rings (SSSR count). The molecule has 0 saturated heterocycles. The topological polar surface area (TPSA) is 40.5 Å². The number of hydrogen-bond acceptors (Lipinski definition) is 2. The van der Waals surface area contributed by atoms with E-state index < -0.39 is 46.0 Å². The maximum Gasteiger partial charge on any atom is 0.433 e. The first kappa shape index (κ1) is 20.8. The summed E-state index contributed by atoms with van der Waals surface area (Å²) in [7, 11) is 0. The maximum absolute atomic E-state index is 14.0. The van der Waals surface area contributed by atoms with Crippen LogP contribution in [0.3, 0.4) is 0 Å². The van der Waals surface area contributed by atoms with Gasteiger partial charge < -0.3 is 10.2 Å². The van der Waals surface area contributed by atoms with E-state index in [4.69, 9.17) is 0 Å². The Balaban J connectivity index is 2.62. The van der Waals surface area contributed by atoms with E-state index >= 15 is 0 Å². The first-order valence-electron chi connectivity index (χ1n) is 7.57. The number of benzene rings is 2. The van der Waals surface area contributed by atoms with Crippen LogP contribution in [0.1, 0.15) is 23.6 Å². The highest BCUT2D eigenvalue weighted by atomic mass is 19.4. The summed E-state index contributed by atoms with van der Waals surface area (Å²) in [5.41, 5.74) is -8.16. The van der Waals surface area contributed by atoms with E-state index in [-0.39, 0.29) is 5.56 Å². The summed E-state index contributed by atoms with van der Waals surface area (Å²) in [5.74, 6) is -1.90. The van der Waals surface area contributed by atoms with Gasteiger partial charge in [-0.2, -0.15) is 13.2 Å². The molecule has 0 bridgehead atoms. The van der Waals surface area contributed by atoms with Crippen molar-refractivity contribution in [3.63, 3.8) is 0 Å². The van der Waals surface area contributed by atoms with Crippen molar-refractivity contribution < 1.29 is 36.6 Å². The molecular weight excluding hydrogens is 374 g/mol. The summed E-state index contributed by atoms with van der Waals surface area (Å²) >= 11 is 0. The second kappa shape index (κ2) is 6.91. The van der Waals surface area contributed by atoms with Crippen LogP contribution in [0.2, 0.25) is 0 Å². The highest BCUT2D eigenvalue weighted by molar-refractivity contribution is 5.40. The summed E-state index contributed by atoms with van der Waals surface area (Å²) in [5, 5.41) is 20.4. The molecule has 8 heteroatoms. The third-order valence-electron chi connectivity index (χ3n) is 3.94. The Morgan fingerprint density at radius 2 is 1.41 bits per heavy atom. The molecule has 0 fully saturated rings. The van der Waals surface area contributed by atoms with Gasteiger partial charge in [0.1, 0.15) is 0 Å². The molecule has 0 aromatic heterocycles. The van der Waals surface area contributed by atoms with Crippen molar-refractivity contribution in [2.45, 2.75) is 31.2 Å². The van der Waals surface area contributed by atoms with Crippen LogP contribution in [0.25, 0.3) is 0 Å². The van der Waals surface area contributed by atoms with Crippen LogP contribution in [0.4, 0.5) is 26.3 Å². The zero-order valence-corrected chi connectivity index (χ0v) is 14.1. The molecule has 2 aromatic rings. The normalized spacial score (nSPS) is 16.1. The van der Waals surface area contributed by atoms with E-state index in [1.54, 1.807) is 5.92 Å². The van der Waals surface area contributed by atoms with Crippen LogP contribution in [-0.2, 0) is 11.2 Å². The standard InChI is InChI=1S/C19H14F6O2/c1-11-10-13(15(21)16(22)14(11)20)17(2,26)8-9-18(27,19(23,24)25)12-6-4-3-5-7-12/h3-7,10,26-27H,1-2H3/t17-,18-/m0/s1. The van der Waals surface area contributed by atoms with Gasteiger partial charge in [-0.25, -0.2) is 13.2 Å². The van der Waals surface area contributed by atoms with Gasteiger partial charge >= 0.3 is 6.18 Å².